The van der Waals surface area contributed by atoms with Gasteiger partial charge in [-0.3, -0.25) is 9.80 Å². The number of rotatable bonds is 47. The third kappa shape index (κ3) is 34.9. The van der Waals surface area contributed by atoms with Crippen molar-refractivity contribution in [1.82, 2.24) is 9.80 Å². The predicted octanol–water partition coefficient (Wildman–Crippen LogP) is 3.90. The van der Waals surface area contributed by atoms with E-state index >= 15 is 0 Å². The minimum Gasteiger partial charge on any atom is -0.394 e. The SMILES string of the molecule is CCCCCCCCCCCCCCOCC(O)CN(CCN(CC(O)COCCCCCCCCCCCCCC)CC(O)C(O)C(O)CO)CC(O)C(O)C(O)CO. The van der Waals surface area contributed by atoms with E-state index in [0.717, 1.165) is 38.5 Å². The van der Waals surface area contributed by atoms with Crippen LogP contribution in [-0.4, -0.2) is 189 Å². The Hall–Kier alpha value is -0.560. The molecule has 0 aromatic carbocycles. The van der Waals surface area contributed by atoms with E-state index in [0.29, 0.717) is 13.2 Å². The van der Waals surface area contributed by atoms with Crippen LogP contribution < -0.4 is 0 Å². The Bertz CT molecular complexity index is 815. The van der Waals surface area contributed by atoms with Gasteiger partial charge in [0.05, 0.1) is 50.8 Å². The lowest BCUT2D eigenvalue weighted by Crippen LogP contribution is -2.51. The fourth-order valence-electron chi connectivity index (χ4n) is 7.50. The first kappa shape index (κ1) is 59.4. The molecule has 14 nitrogen and oxygen atoms in total. The van der Waals surface area contributed by atoms with E-state index in [9.17, 15) is 51.1 Å². The molecule has 14 heteroatoms. The Morgan fingerprint density at radius 1 is 0.350 bits per heavy atom. The van der Waals surface area contributed by atoms with E-state index in [2.05, 4.69) is 13.8 Å². The van der Waals surface area contributed by atoms with Crippen LogP contribution in [0.25, 0.3) is 0 Å². The largest absolute Gasteiger partial charge is 0.394 e. The van der Waals surface area contributed by atoms with Gasteiger partial charge in [0.1, 0.15) is 24.4 Å². The molecule has 0 amide bonds. The van der Waals surface area contributed by atoms with Crippen molar-refractivity contribution in [1.29, 1.82) is 0 Å². The lowest BCUT2D eigenvalue weighted by atomic mass is 10.1. The molecule has 0 saturated heterocycles. The van der Waals surface area contributed by atoms with Gasteiger partial charge in [0.25, 0.3) is 0 Å². The number of unbranched alkanes of at least 4 members (excludes halogenated alkanes) is 22. The van der Waals surface area contributed by atoms with Gasteiger partial charge in [-0.25, -0.2) is 0 Å². The van der Waals surface area contributed by atoms with Gasteiger partial charge in [0.15, 0.2) is 0 Å². The highest BCUT2D eigenvalue weighted by Gasteiger charge is 2.29. The molecule has 0 aliphatic carbocycles. The quantitative estimate of drug-likeness (QED) is 0.0392. The van der Waals surface area contributed by atoms with Crippen LogP contribution in [0.1, 0.15) is 168 Å². The second-order valence-corrected chi connectivity index (χ2v) is 17.4. The summed E-state index contributed by atoms with van der Waals surface area (Å²) in [6, 6.07) is 0. The smallest absolute Gasteiger partial charge is 0.109 e. The minimum atomic E-state index is -1.64. The lowest BCUT2D eigenvalue weighted by molar-refractivity contribution is -0.0923. The fraction of sp³-hybridized carbons (Fsp3) is 1.00. The number of aliphatic hydroxyl groups is 10. The second kappa shape index (κ2) is 42.4. The highest BCUT2D eigenvalue weighted by Crippen LogP contribution is 2.14. The average Bonchev–Trinajstić information content (AvgIpc) is 3.24. The summed E-state index contributed by atoms with van der Waals surface area (Å²) in [5.41, 5.74) is 0. The summed E-state index contributed by atoms with van der Waals surface area (Å²) in [7, 11) is 0. The van der Waals surface area contributed by atoms with Gasteiger partial charge in [-0.15, -0.1) is 0 Å². The number of nitrogens with zero attached hydrogens (tertiary/aromatic N) is 2. The molecule has 362 valence electrons. The number of ether oxygens (including phenoxy) is 2. The van der Waals surface area contributed by atoms with Gasteiger partial charge in [-0.2, -0.15) is 0 Å². The second-order valence-electron chi connectivity index (χ2n) is 17.4. The van der Waals surface area contributed by atoms with E-state index in [1.807, 2.05) is 0 Å². The molecule has 0 aliphatic rings. The summed E-state index contributed by atoms with van der Waals surface area (Å²) in [6.45, 7) is 4.11. The van der Waals surface area contributed by atoms with Crippen molar-refractivity contribution in [3.63, 3.8) is 0 Å². The maximum Gasteiger partial charge on any atom is 0.109 e. The molecular weight excluding hydrogens is 773 g/mol. The minimum absolute atomic E-state index is 0.0321. The van der Waals surface area contributed by atoms with Gasteiger partial charge < -0.3 is 60.5 Å². The van der Waals surface area contributed by atoms with Crippen LogP contribution in [0.4, 0.5) is 0 Å². The van der Waals surface area contributed by atoms with E-state index in [-0.39, 0.29) is 52.5 Å². The Morgan fingerprint density at radius 2 is 0.617 bits per heavy atom. The third-order valence-corrected chi connectivity index (χ3v) is 11.4. The summed E-state index contributed by atoms with van der Waals surface area (Å²) in [6.07, 6.45) is 18.3. The molecule has 0 fully saturated rings. The van der Waals surface area contributed by atoms with Crippen molar-refractivity contribution in [2.75, 3.05) is 78.9 Å². The van der Waals surface area contributed by atoms with Crippen molar-refractivity contribution in [3.05, 3.63) is 0 Å². The molecule has 10 N–H and O–H groups in total. The summed E-state index contributed by atoms with van der Waals surface area (Å²) in [4.78, 5) is 3.31. The van der Waals surface area contributed by atoms with E-state index in [1.54, 1.807) is 9.80 Å². The zero-order chi connectivity index (χ0) is 44.6. The van der Waals surface area contributed by atoms with Gasteiger partial charge in [-0.05, 0) is 12.8 Å². The Labute approximate surface area is 365 Å². The van der Waals surface area contributed by atoms with Crippen LogP contribution in [0.3, 0.4) is 0 Å². The zero-order valence-electron chi connectivity index (χ0n) is 38.3. The first-order chi connectivity index (χ1) is 29.0. The van der Waals surface area contributed by atoms with Crippen molar-refractivity contribution >= 4 is 0 Å². The molecule has 8 atom stereocenters. The Balaban J connectivity index is 5.00. The van der Waals surface area contributed by atoms with Crippen LogP contribution >= 0.6 is 0 Å². The van der Waals surface area contributed by atoms with Crippen LogP contribution in [0.15, 0.2) is 0 Å². The molecule has 0 aromatic rings. The van der Waals surface area contributed by atoms with Gasteiger partial charge in [0, 0.05) is 52.5 Å². The van der Waals surface area contributed by atoms with Crippen LogP contribution in [0.5, 0.6) is 0 Å². The average molecular weight is 869 g/mol. The maximum absolute atomic E-state index is 10.9. The first-order valence-corrected chi connectivity index (χ1v) is 24.3. The molecule has 60 heavy (non-hydrogen) atoms. The zero-order valence-corrected chi connectivity index (χ0v) is 38.3. The van der Waals surface area contributed by atoms with Crippen molar-refractivity contribution in [2.24, 2.45) is 0 Å². The van der Waals surface area contributed by atoms with Crippen molar-refractivity contribution in [3.8, 4) is 0 Å². The number of hydrogen-bond acceptors (Lipinski definition) is 14. The van der Waals surface area contributed by atoms with Crippen molar-refractivity contribution in [2.45, 2.75) is 217 Å². The first-order valence-electron chi connectivity index (χ1n) is 24.3. The Morgan fingerprint density at radius 3 is 0.883 bits per heavy atom. The molecule has 0 radical (unpaired) electrons. The van der Waals surface area contributed by atoms with Gasteiger partial charge in [0.2, 0.25) is 0 Å². The monoisotopic (exact) mass is 869 g/mol. The molecule has 0 saturated carbocycles. The highest BCUT2D eigenvalue weighted by molar-refractivity contribution is 4.82. The van der Waals surface area contributed by atoms with Crippen LogP contribution in [-0.2, 0) is 9.47 Å². The normalized spacial score (nSPS) is 16.3. The van der Waals surface area contributed by atoms with E-state index in [4.69, 9.17) is 9.47 Å². The lowest BCUT2D eigenvalue weighted by Gasteiger charge is -2.34. The fourth-order valence-corrected chi connectivity index (χ4v) is 7.50. The molecule has 0 spiro atoms. The molecule has 0 aliphatic heterocycles. The number of hydrogen-bond donors (Lipinski definition) is 10. The summed E-state index contributed by atoms with van der Waals surface area (Å²) < 4.78 is 11.5. The van der Waals surface area contributed by atoms with Gasteiger partial charge >= 0.3 is 0 Å². The summed E-state index contributed by atoms with van der Waals surface area (Å²) >= 11 is 0. The molecule has 0 rings (SSSR count). The summed E-state index contributed by atoms with van der Waals surface area (Å²) in [5.74, 6) is 0. The van der Waals surface area contributed by atoms with Crippen LogP contribution in [0, 0.1) is 0 Å². The molecule has 0 heterocycles. The predicted molar refractivity (Wildman–Crippen MR) is 239 cm³/mol. The van der Waals surface area contributed by atoms with Crippen molar-refractivity contribution < 1.29 is 60.5 Å². The third-order valence-electron chi connectivity index (χ3n) is 11.4. The Kier molecular flexibility index (Phi) is 42.0. The molecule has 0 bridgehead atoms. The number of aliphatic hydroxyl groups excluding tert-OH is 10. The van der Waals surface area contributed by atoms with Crippen LogP contribution in [0.2, 0.25) is 0 Å². The standard InChI is InChI=1S/C46H96N2O12/c1-3-5-7-9-11-13-15-17-19-21-23-25-29-59-37-39(51)31-47(33-41(53)45(57)43(55)35-49)27-28-48(34-42(54)46(58)44(56)36-50)32-40(52)38-60-30-26-24-22-20-18-16-14-12-10-8-6-4-2/h39-46,49-58H,3-38H2,1-2H3. The molecular formula is C46H96N2O12. The van der Waals surface area contributed by atoms with E-state index in [1.165, 1.54) is 116 Å². The van der Waals surface area contributed by atoms with E-state index < -0.39 is 62.0 Å². The van der Waals surface area contributed by atoms with Gasteiger partial charge in [-0.1, -0.05) is 155 Å². The molecule has 8 unspecified atom stereocenters. The summed E-state index contributed by atoms with van der Waals surface area (Å²) in [5, 5.41) is 102. The molecule has 0 aromatic heterocycles. The maximum atomic E-state index is 10.9. The highest BCUT2D eigenvalue weighted by atomic mass is 16.5. The topological polar surface area (TPSA) is 227 Å².